The van der Waals surface area contributed by atoms with Crippen molar-refractivity contribution in [3.63, 3.8) is 0 Å². The van der Waals surface area contributed by atoms with Gasteiger partial charge in [-0.05, 0) is 36.8 Å². The standard InChI is InChI=1S/C16H17FO3/c1-11(18)15-8-7-14(9-16(15)17)20-10-12-3-5-13(19-2)6-4-12/h3-9,11,18H,10H2,1-2H3. The van der Waals surface area contributed by atoms with Crippen LogP contribution in [0, 0.1) is 5.82 Å². The van der Waals surface area contributed by atoms with Crippen LogP contribution < -0.4 is 9.47 Å². The number of benzene rings is 2. The molecular formula is C16H17FO3. The maximum absolute atomic E-state index is 13.7. The van der Waals surface area contributed by atoms with E-state index in [4.69, 9.17) is 9.47 Å². The first-order chi connectivity index (χ1) is 9.60. The van der Waals surface area contributed by atoms with Gasteiger partial charge in [0, 0.05) is 11.6 Å². The second-order valence-corrected chi connectivity index (χ2v) is 4.50. The van der Waals surface area contributed by atoms with Crippen molar-refractivity contribution >= 4 is 0 Å². The summed E-state index contributed by atoms with van der Waals surface area (Å²) in [6.45, 7) is 1.87. The highest BCUT2D eigenvalue weighted by atomic mass is 19.1. The van der Waals surface area contributed by atoms with Gasteiger partial charge in [-0.1, -0.05) is 12.1 Å². The Balaban J connectivity index is 2.01. The number of hydrogen-bond donors (Lipinski definition) is 1. The molecule has 3 nitrogen and oxygen atoms in total. The Bertz CT molecular complexity index is 564. The molecule has 2 aromatic carbocycles. The molecule has 0 aliphatic rings. The van der Waals surface area contributed by atoms with Crippen LogP contribution in [0.25, 0.3) is 0 Å². The number of ether oxygens (including phenoxy) is 2. The van der Waals surface area contributed by atoms with E-state index in [1.807, 2.05) is 24.3 Å². The first-order valence-electron chi connectivity index (χ1n) is 6.33. The van der Waals surface area contributed by atoms with Gasteiger partial charge in [-0.3, -0.25) is 0 Å². The predicted molar refractivity (Wildman–Crippen MR) is 74.4 cm³/mol. The molecule has 2 aromatic rings. The molecule has 0 saturated carbocycles. The molecule has 20 heavy (non-hydrogen) atoms. The summed E-state index contributed by atoms with van der Waals surface area (Å²) in [6.07, 6.45) is -0.828. The van der Waals surface area contributed by atoms with Gasteiger partial charge in [0.25, 0.3) is 0 Å². The topological polar surface area (TPSA) is 38.7 Å². The number of aliphatic hydroxyl groups is 1. The molecule has 0 saturated heterocycles. The van der Waals surface area contributed by atoms with Gasteiger partial charge in [0.2, 0.25) is 0 Å². The zero-order chi connectivity index (χ0) is 14.5. The number of aliphatic hydroxyl groups excluding tert-OH is 1. The van der Waals surface area contributed by atoms with Crippen LogP contribution in [0.4, 0.5) is 4.39 Å². The second kappa shape index (κ2) is 6.39. The maximum Gasteiger partial charge on any atom is 0.132 e. The quantitative estimate of drug-likeness (QED) is 0.908. The lowest BCUT2D eigenvalue weighted by Gasteiger charge is -2.10. The first-order valence-corrected chi connectivity index (χ1v) is 6.33. The van der Waals surface area contributed by atoms with Crippen molar-refractivity contribution in [3.8, 4) is 11.5 Å². The van der Waals surface area contributed by atoms with E-state index in [2.05, 4.69) is 0 Å². The Kier molecular flexibility index (Phi) is 4.58. The summed E-state index contributed by atoms with van der Waals surface area (Å²) in [5.41, 5.74) is 1.23. The molecule has 0 radical (unpaired) electrons. The largest absolute Gasteiger partial charge is 0.497 e. The maximum atomic E-state index is 13.7. The minimum absolute atomic E-state index is 0.266. The zero-order valence-corrected chi connectivity index (χ0v) is 11.5. The molecule has 1 unspecified atom stereocenters. The van der Waals surface area contributed by atoms with Gasteiger partial charge in [0.05, 0.1) is 13.2 Å². The zero-order valence-electron chi connectivity index (χ0n) is 11.5. The van der Waals surface area contributed by atoms with Gasteiger partial charge < -0.3 is 14.6 Å². The molecule has 0 aliphatic carbocycles. The Labute approximate surface area is 117 Å². The van der Waals surface area contributed by atoms with Crippen LogP contribution in [-0.4, -0.2) is 12.2 Å². The second-order valence-electron chi connectivity index (χ2n) is 4.50. The third-order valence-electron chi connectivity index (χ3n) is 2.99. The lowest BCUT2D eigenvalue weighted by molar-refractivity contribution is 0.194. The fourth-order valence-corrected chi connectivity index (χ4v) is 1.82. The number of rotatable bonds is 5. The van der Waals surface area contributed by atoms with Gasteiger partial charge >= 0.3 is 0 Å². The van der Waals surface area contributed by atoms with Crippen LogP contribution in [0.5, 0.6) is 11.5 Å². The van der Waals surface area contributed by atoms with E-state index in [1.54, 1.807) is 13.2 Å². The molecule has 4 heteroatoms. The van der Waals surface area contributed by atoms with E-state index in [0.29, 0.717) is 12.4 Å². The van der Waals surface area contributed by atoms with Crippen LogP contribution in [0.2, 0.25) is 0 Å². The lowest BCUT2D eigenvalue weighted by atomic mass is 10.1. The summed E-state index contributed by atoms with van der Waals surface area (Å²) in [4.78, 5) is 0. The van der Waals surface area contributed by atoms with Gasteiger partial charge in [-0.15, -0.1) is 0 Å². The monoisotopic (exact) mass is 276 g/mol. The highest BCUT2D eigenvalue weighted by Crippen LogP contribution is 2.22. The minimum atomic E-state index is -0.828. The molecule has 0 aliphatic heterocycles. The average molecular weight is 276 g/mol. The van der Waals surface area contributed by atoms with Crippen molar-refractivity contribution in [1.82, 2.24) is 0 Å². The molecule has 0 spiro atoms. The highest BCUT2D eigenvalue weighted by Gasteiger charge is 2.09. The van der Waals surface area contributed by atoms with Gasteiger partial charge in [0.15, 0.2) is 0 Å². The van der Waals surface area contributed by atoms with Crippen molar-refractivity contribution in [1.29, 1.82) is 0 Å². The Morgan fingerprint density at radius 2 is 1.75 bits per heavy atom. The smallest absolute Gasteiger partial charge is 0.132 e. The van der Waals surface area contributed by atoms with Crippen LogP contribution in [0.1, 0.15) is 24.2 Å². The van der Waals surface area contributed by atoms with Gasteiger partial charge in [0.1, 0.15) is 23.9 Å². The summed E-state index contributed by atoms with van der Waals surface area (Å²) in [6, 6.07) is 11.9. The lowest BCUT2D eigenvalue weighted by Crippen LogP contribution is -1.99. The first kappa shape index (κ1) is 14.3. The van der Waals surface area contributed by atoms with Crippen molar-refractivity contribution in [2.24, 2.45) is 0 Å². The molecule has 0 heterocycles. The van der Waals surface area contributed by atoms with E-state index in [1.165, 1.54) is 19.1 Å². The van der Waals surface area contributed by atoms with E-state index in [-0.39, 0.29) is 5.56 Å². The third-order valence-corrected chi connectivity index (χ3v) is 2.99. The molecule has 0 fully saturated rings. The molecule has 106 valence electrons. The normalized spacial score (nSPS) is 12.0. The fraction of sp³-hybridized carbons (Fsp3) is 0.250. The number of hydrogen-bond acceptors (Lipinski definition) is 3. The summed E-state index contributed by atoms with van der Waals surface area (Å²) in [7, 11) is 1.61. The molecular weight excluding hydrogens is 259 g/mol. The summed E-state index contributed by atoms with van der Waals surface area (Å²) < 4.78 is 24.3. The third kappa shape index (κ3) is 3.48. The van der Waals surface area contributed by atoms with Gasteiger partial charge in [-0.2, -0.15) is 0 Å². The van der Waals surface area contributed by atoms with Gasteiger partial charge in [-0.25, -0.2) is 4.39 Å². The van der Waals surface area contributed by atoms with Crippen molar-refractivity contribution in [2.45, 2.75) is 19.6 Å². The van der Waals surface area contributed by atoms with Crippen molar-refractivity contribution in [3.05, 3.63) is 59.4 Å². The van der Waals surface area contributed by atoms with E-state index >= 15 is 0 Å². The van der Waals surface area contributed by atoms with E-state index in [9.17, 15) is 9.50 Å². The fourth-order valence-electron chi connectivity index (χ4n) is 1.82. The predicted octanol–water partition coefficient (Wildman–Crippen LogP) is 3.47. The van der Waals surface area contributed by atoms with Crippen LogP contribution in [-0.2, 0) is 6.61 Å². The molecule has 2 rings (SSSR count). The number of halogens is 1. The molecule has 0 amide bonds. The van der Waals surface area contributed by atoms with Crippen LogP contribution in [0.15, 0.2) is 42.5 Å². The SMILES string of the molecule is COc1ccc(COc2ccc(C(C)O)c(F)c2)cc1. The Morgan fingerprint density at radius 3 is 2.30 bits per heavy atom. The van der Waals surface area contributed by atoms with Crippen molar-refractivity contribution < 1.29 is 19.0 Å². The summed E-state index contributed by atoms with van der Waals surface area (Å²) in [5, 5.41) is 9.36. The Morgan fingerprint density at radius 1 is 1.10 bits per heavy atom. The van der Waals surface area contributed by atoms with E-state index < -0.39 is 11.9 Å². The summed E-state index contributed by atoms with van der Waals surface area (Å²) >= 11 is 0. The molecule has 0 aromatic heterocycles. The average Bonchev–Trinajstić information content (AvgIpc) is 2.45. The molecule has 1 N–H and O–H groups in total. The Hall–Kier alpha value is -2.07. The molecule has 1 atom stereocenters. The van der Waals surface area contributed by atoms with Crippen molar-refractivity contribution in [2.75, 3.05) is 7.11 Å². The summed E-state index contributed by atoms with van der Waals surface area (Å²) in [5.74, 6) is 0.746. The minimum Gasteiger partial charge on any atom is -0.497 e. The highest BCUT2D eigenvalue weighted by molar-refractivity contribution is 5.31. The van der Waals surface area contributed by atoms with Crippen LogP contribution in [0.3, 0.4) is 0 Å². The van der Waals surface area contributed by atoms with Crippen LogP contribution >= 0.6 is 0 Å². The number of methoxy groups -OCH3 is 1. The molecule has 0 bridgehead atoms. The van der Waals surface area contributed by atoms with E-state index in [0.717, 1.165) is 11.3 Å².